The van der Waals surface area contributed by atoms with Gasteiger partial charge in [0.15, 0.2) is 34.5 Å². The number of hydrogen-bond acceptors (Lipinski definition) is 10. The zero-order valence-electron chi connectivity index (χ0n) is 27.9. The Bertz CT molecular complexity index is 1720. The van der Waals surface area contributed by atoms with E-state index in [-0.39, 0.29) is 5.91 Å². The molecule has 0 spiro atoms. The molecule has 1 heterocycles. The number of fused-ring (bicyclic) bond motifs is 1. The Balaban J connectivity index is 1.20. The zero-order chi connectivity index (χ0) is 34.0. The summed E-state index contributed by atoms with van der Waals surface area (Å²) < 4.78 is 45.4. The van der Waals surface area contributed by atoms with Crippen LogP contribution in [0.5, 0.6) is 46.0 Å². The average molecular weight is 657 g/mol. The Hall–Kier alpha value is -5.71. The van der Waals surface area contributed by atoms with Crippen molar-refractivity contribution in [1.29, 1.82) is 0 Å². The van der Waals surface area contributed by atoms with E-state index >= 15 is 0 Å². The smallest absolute Gasteiger partial charge is 0.255 e. The van der Waals surface area contributed by atoms with Crippen LogP contribution in [0, 0.1) is 0 Å². The number of benzene rings is 4. The van der Waals surface area contributed by atoms with E-state index in [0.29, 0.717) is 71.2 Å². The van der Waals surface area contributed by atoms with Crippen LogP contribution in [0.15, 0.2) is 66.7 Å². The van der Waals surface area contributed by atoms with Crippen molar-refractivity contribution in [2.24, 2.45) is 0 Å². The van der Waals surface area contributed by atoms with Crippen molar-refractivity contribution >= 4 is 23.7 Å². The van der Waals surface area contributed by atoms with Gasteiger partial charge in [-0.1, -0.05) is 30.4 Å². The van der Waals surface area contributed by atoms with Gasteiger partial charge in [0.2, 0.25) is 11.5 Å². The summed E-state index contributed by atoms with van der Waals surface area (Å²) in [5.41, 5.74) is 3.93. The summed E-state index contributed by atoms with van der Waals surface area (Å²) in [6, 6.07) is 20.5. The van der Waals surface area contributed by atoms with Crippen molar-refractivity contribution < 1.29 is 42.7 Å². The molecule has 1 aliphatic heterocycles. The molecular weight excluding hydrogens is 616 g/mol. The van der Waals surface area contributed by atoms with Crippen LogP contribution in [-0.2, 0) is 0 Å². The van der Waals surface area contributed by atoms with Gasteiger partial charge in [0.05, 0.1) is 61.4 Å². The topological polar surface area (TPSA) is 115 Å². The molecule has 11 heteroatoms. The van der Waals surface area contributed by atoms with Gasteiger partial charge in [-0.2, -0.15) is 0 Å². The minimum atomic E-state index is -0.398. The Morgan fingerprint density at radius 1 is 0.583 bits per heavy atom. The fourth-order valence-electron chi connectivity index (χ4n) is 5.30. The van der Waals surface area contributed by atoms with E-state index in [2.05, 4.69) is 10.6 Å². The van der Waals surface area contributed by atoms with Crippen molar-refractivity contribution in [3.8, 4) is 46.0 Å². The molecule has 2 N–H and O–H groups in total. The van der Waals surface area contributed by atoms with Crippen molar-refractivity contribution in [3.05, 3.63) is 89.0 Å². The highest BCUT2D eigenvalue weighted by Gasteiger charge is 2.25. The Labute approximate surface area is 280 Å². The molecule has 0 aromatic heterocycles. The minimum absolute atomic E-state index is 0.136. The third kappa shape index (κ3) is 7.46. The monoisotopic (exact) mass is 656 g/mol. The minimum Gasteiger partial charge on any atom is -0.493 e. The lowest BCUT2D eigenvalue weighted by molar-refractivity contribution is 0.0935. The van der Waals surface area contributed by atoms with Gasteiger partial charge < -0.3 is 48.5 Å². The lowest BCUT2D eigenvalue weighted by Gasteiger charge is -2.28. The lowest BCUT2D eigenvalue weighted by atomic mass is 10.1. The predicted octanol–water partition coefficient (Wildman–Crippen LogP) is 6.61. The van der Waals surface area contributed by atoms with Crippen LogP contribution in [0.2, 0.25) is 0 Å². The predicted molar refractivity (Wildman–Crippen MR) is 183 cm³/mol. The van der Waals surface area contributed by atoms with Crippen LogP contribution >= 0.6 is 0 Å². The van der Waals surface area contributed by atoms with E-state index in [0.717, 1.165) is 22.4 Å². The fourth-order valence-corrected chi connectivity index (χ4v) is 5.30. The molecule has 0 aliphatic carbocycles. The summed E-state index contributed by atoms with van der Waals surface area (Å²) in [5, 5.41) is 6.34. The number of para-hydroxylation sites is 1. The van der Waals surface area contributed by atoms with E-state index < -0.39 is 6.17 Å². The van der Waals surface area contributed by atoms with Gasteiger partial charge >= 0.3 is 0 Å². The van der Waals surface area contributed by atoms with E-state index in [1.165, 1.54) is 0 Å². The highest BCUT2D eigenvalue weighted by Crippen LogP contribution is 2.41. The molecular formula is C37H40N2O9. The molecule has 0 saturated carbocycles. The number of anilines is 1. The standard InChI is InChI=1S/C37H40N2O9/c1-41-29-22-25(36-38-27-11-8-7-10-26(27)37(40)39-36)14-15-28(29)47-16-9-17-48-35-32(44-4)20-24(21-33(35)45-5)13-12-23-18-30(42-2)34(46-6)31(19-23)43-3/h7-8,10-15,18-22,36,38H,9,16-17H2,1-6H3,(H,39,40). The number of carbonyl (C=O) groups excluding carboxylic acids is 1. The van der Waals surface area contributed by atoms with Crippen LogP contribution in [0.1, 0.15) is 39.6 Å². The molecule has 0 bridgehead atoms. The summed E-state index contributed by atoms with van der Waals surface area (Å²) in [6.45, 7) is 0.729. The summed E-state index contributed by atoms with van der Waals surface area (Å²) in [7, 11) is 9.48. The van der Waals surface area contributed by atoms with Crippen molar-refractivity contribution in [1.82, 2.24) is 5.32 Å². The van der Waals surface area contributed by atoms with Gasteiger partial charge in [-0.15, -0.1) is 0 Å². The van der Waals surface area contributed by atoms with Crippen LogP contribution < -0.4 is 48.5 Å². The molecule has 4 aromatic rings. The Kier molecular flexibility index (Phi) is 11.0. The number of amides is 1. The number of rotatable bonds is 15. The summed E-state index contributed by atoms with van der Waals surface area (Å²) in [4.78, 5) is 12.6. The maximum absolute atomic E-state index is 12.6. The second-order valence-electron chi connectivity index (χ2n) is 10.6. The molecule has 4 aromatic carbocycles. The van der Waals surface area contributed by atoms with Gasteiger partial charge in [-0.05, 0) is 65.2 Å². The maximum Gasteiger partial charge on any atom is 0.255 e. The Morgan fingerprint density at radius 3 is 1.73 bits per heavy atom. The molecule has 1 unspecified atom stereocenters. The van der Waals surface area contributed by atoms with Crippen LogP contribution in [0.3, 0.4) is 0 Å². The molecule has 5 rings (SSSR count). The highest BCUT2D eigenvalue weighted by molar-refractivity contribution is 6.01. The summed E-state index contributed by atoms with van der Waals surface area (Å²) in [6.07, 6.45) is 4.04. The quantitative estimate of drug-likeness (QED) is 0.107. The molecule has 0 fully saturated rings. The van der Waals surface area contributed by atoms with Gasteiger partial charge in [0, 0.05) is 12.1 Å². The molecule has 1 atom stereocenters. The Morgan fingerprint density at radius 2 is 1.15 bits per heavy atom. The maximum atomic E-state index is 12.6. The largest absolute Gasteiger partial charge is 0.493 e. The second kappa shape index (κ2) is 15.7. The molecule has 1 amide bonds. The van der Waals surface area contributed by atoms with Crippen molar-refractivity contribution in [2.75, 3.05) is 61.2 Å². The van der Waals surface area contributed by atoms with Crippen molar-refractivity contribution in [2.45, 2.75) is 12.6 Å². The average Bonchev–Trinajstić information content (AvgIpc) is 3.13. The molecule has 1 aliphatic rings. The number of nitrogens with one attached hydrogen (secondary N) is 2. The first-order valence-electron chi connectivity index (χ1n) is 15.3. The van der Waals surface area contributed by atoms with Crippen LogP contribution in [0.25, 0.3) is 12.2 Å². The number of hydrogen-bond donors (Lipinski definition) is 2. The molecule has 11 nitrogen and oxygen atoms in total. The fraction of sp³-hybridized carbons (Fsp3) is 0.270. The van der Waals surface area contributed by atoms with E-state index in [1.807, 2.05) is 72.8 Å². The first kappa shape index (κ1) is 33.6. The SMILES string of the molecule is COc1cc(C2NC(=O)c3ccccc3N2)ccc1OCCCOc1c(OC)cc(C=Cc2cc(OC)c(OC)c(OC)c2)cc1OC. The van der Waals surface area contributed by atoms with Gasteiger partial charge in [0.25, 0.3) is 5.91 Å². The van der Waals surface area contributed by atoms with Crippen LogP contribution in [0.4, 0.5) is 5.69 Å². The third-order valence-electron chi connectivity index (χ3n) is 7.70. The number of carbonyl (C=O) groups is 1. The first-order chi connectivity index (χ1) is 23.4. The first-order valence-corrected chi connectivity index (χ1v) is 15.3. The van der Waals surface area contributed by atoms with Crippen LogP contribution in [-0.4, -0.2) is 61.8 Å². The molecule has 0 radical (unpaired) electrons. The van der Waals surface area contributed by atoms with Crippen molar-refractivity contribution in [3.63, 3.8) is 0 Å². The van der Waals surface area contributed by atoms with E-state index in [9.17, 15) is 4.79 Å². The van der Waals surface area contributed by atoms with Gasteiger partial charge in [-0.3, -0.25) is 4.79 Å². The lowest BCUT2D eigenvalue weighted by Crippen LogP contribution is -2.38. The van der Waals surface area contributed by atoms with Gasteiger partial charge in [-0.25, -0.2) is 0 Å². The molecule has 0 saturated heterocycles. The van der Waals surface area contributed by atoms with E-state index in [1.54, 1.807) is 48.7 Å². The number of methoxy groups -OCH3 is 6. The summed E-state index contributed by atoms with van der Waals surface area (Å²) in [5.74, 6) is 4.22. The summed E-state index contributed by atoms with van der Waals surface area (Å²) >= 11 is 0. The second-order valence-corrected chi connectivity index (χ2v) is 10.6. The zero-order valence-corrected chi connectivity index (χ0v) is 27.9. The normalized spacial score (nSPS) is 13.5. The molecule has 48 heavy (non-hydrogen) atoms. The highest BCUT2D eigenvalue weighted by atomic mass is 16.5. The van der Waals surface area contributed by atoms with Gasteiger partial charge in [0.1, 0.15) is 6.17 Å². The third-order valence-corrected chi connectivity index (χ3v) is 7.70. The molecule has 252 valence electrons. The van der Waals surface area contributed by atoms with E-state index in [4.69, 9.17) is 37.9 Å². The number of ether oxygens (including phenoxy) is 8.